The number of aliphatic hydroxyl groups excluding tert-OH is 1. The molecular weight excluding hydrogens is 232 g/mol. The van der Waals surface area contributed by atoms with Crippen LogP contribution in [0.1, 0.15) is 47.5 Å². The number of ether oxygens (including phenoxy) is 1. The minimum atomic E-state index is -0.191. The predicted octanol–water partition coefficient (Wildman–Crippen LogP) is 3.33. The van der Waals surface area contributed by atoms with Crippen LogP contribution in [0, 0.1) is 11.3 Å². The van der Waals surface area contributed by atoms with E-state index in [2.05, 4.69) is 34.6 Å². The van der Waals surface area contributed by atoms with Gasteiger partial charge in [0, 0.05) is 11.9 Å². The van der Waals surface area contributed by atoms with Crippen molar-refractivity contribution in [3.8, 4) is 0 Å². The van der Waals surface area contributed by atoms with Crippen LogP contribution in [0.15, 0.2) is 0 Å². The number of hydrogen-bond acceptors (Lipinski definition) is 3. The van der Waals surface area contributed by atoms with E-state index in [1.807, 2.05) is 11.8 Å². The van der Waals surface area contributed by atoms with Gasteiger partial charge in [0.15, 0.2) is 0 Å². The summed E-state index contributed by atoms with van der Waals surface area (Å²) in [5.41, 5.74) is 0.276. The van der Waals surface area contributed by atoms with Crippen molar-refractivity contribution >= 4 is 11.8 Å². The van der Waals surface area contributed by atoms with Gasteiger partial charge in [-0.05, 0) is 24.2 Å². The molecule has 17 heavy (non-hydrogen) atoms. The summed E-state index contributed by atoms with van der Waals surface area (Å²) in [6.07, 6.45) is 1.83. The maximum Gasteiger partial charge on any atom is 0.0692 e. The first-order valence-corrected chi connectivity index (χ1v) is 7.66. The Bertz CT molecular complexity index is 223. The van der Waals surface area contributed by atoms with Crippen molar-refractivity contribution in [2.75, 3.05) is 13.2 Å². The highest BCUT2D eigenvalue weighted by atomic mass is 32.2. The Labute approximate surface area is 111 Å². The van der Waals surface area contributed by atoms with Gasteiger partial charge >= 0.3 is 0 Å². The van der Waals surface area contributed by atoms with Gasteiger partial charge in [0.25, 0.3) is 0 Å². The van der Waals surface area contributed by atoms with Crippen LogP contribution in [0.2, 0.25) is 0 Å². The lowest BCUT2D eigenvalue weighted by molar-refractivity contribution is 0.0825. The summed E-state index contributed by atoms with van der Waals surface area (Å²) in [6.45, 7) is 12.7. The van der Waals surface area contributed by atoms with Crippen LogP contribution >= 0.6 is 11.8 Å². The lowest BCUT2D eigenvalue weighted by atomic mass is 9.88. The average molecular weight is 260 g/mol. The Morgan fingerprint density at radius 1 is 1.35 bits per heavy atom. The lowest BCUT2D eigenvalue weighted by Crippen LogP contribution is -2.23. The molecular formula is C14H28O2S. The Kier molecular flexibility index (Phi) is 5.81. The van der Waals surface area contributed by atoms with Gasteiger partial charge in [0.1, 0.15) is 0 Å². The molecule has 0 aromatic rings. The van der Waals surface area contributed by atoms with Crippen molar-refractivity contribution in [3.05, 3.63) is 0 Å². The second-order valence-corrected chi connectivity index (χ2v) is 8.04. The monoisotopic (exact) mass is 260 g/mol. The fraction of sp³-hybridized carbons (Fsp3) is 1.00. The summed E-state index contributed by atoms with van der Waals surface area (Å²) in [6, 6.07) is 0. The SMILES string of the molecule is CC(C)CCOCC1SC(C(C)(C)C)CC1O. The zero-order valence-electron chi connectivity index (χ0n) is 11.9. The zero-order chi connectivity index (χ0) is 13.1. The van der Waals surface area contributed by atoms with E-state index in [-0.39, 0.29) is 16.8 Å². The molecule has 1 aliphatic heterocycles. The number of aliphatic hydroxyl groups is 1. The maximum absolute atomic E-state index is 10.0. The maximum atomic E-state index is 10.0. The number of hydrogen-bond donors (Lipinski definition) is 1. The van der Waals surface area contributed by atoms with Crippen LogP contribution < -0.4 is 0 Å². The molecule has 102 valence electrons. The molecule has 1 aliphatic rings. The van der Waals surface area contributed by atoms with Gasteiger partial charge < -0.3 is 9.84 Å². The Morgan fingerprint density at radius 2 is 2.00 bits per heavy atom. The molecule has 0 aliphatic carbocycles. The van der Waals surface area contributed by atoms with Crippen LogP contribution in [0.25, 0.3) is 0 Å². The van der Waals surface area contributed by atoms with E-state index in [9.17, 15) is 5.11 Å². The topological polar surface area (TPSA) is 29.5 Å². The molecule has 0 amide bonds. The van der Waals surface area contributed by atoms with Gasteiger partial charge in [-0.1, -0.05) is 34.6 Å². The van der Waals surface area contributed by atoms with Gasteiger partial charge in [0.2, 0.25) is 0 Å². The highest BCUT2D eigenvalue weighted by Gasteiger charge is 2.39. The predicted molar refractivity (Wildman–Crippen MR) is 75.5 cm³/mol. The van der Waals surface area contributed by atoms with E-state index in [1.54, 1.807) is 0 Å². The molecule has 0 spiro atoms. The molecule has 0 aromatic heterocycles. The van der Waals surface area contributed by atoms with Gasteiger partial charge in [-0.25, -0.2) is 0 Å². The fourth-order valence-corrected chi connectivity index (χ4v) is 3.56. The molecule has 1 fully saturated rings. The van der Waals surface area contributed by atoms with Crippen molar-refractivity contribution < 1.29 is 9.84 Å². The van der Waals surface area contributed by atoms with Crippen LogP contribution in [-0.2, 0) is 4.74 Å². The summed E-state index contributed by atoms with van der Waals surface area (Å²) in [5, 5.41) is 10.9. The standard InChI is InChI=1S/C14H28O2S/c1-10(2)6-7-16-9-12-11(15)8-13(17-12)14(3,4)5/h10-13,15H,6-9H2,1-5H3. The molecule has 1 N–H and O–H groups in total. The summed E-state index contributed by atoms with van der Waals surface area (Å²) in [5.74, 6) is 0.693. The molecule has 3 atom stereocenters. The first kappa shape index (κ1) is 15.3. The molecule has 0 saturated carbocycles. The first-order chi connectivity index (χ1) is 7.80. The van der Waals surface area contributed by atoms with Crippen molar-refractivity contribution in [1.82, 2.24) is 0 Å². The fourth-order valence-electron chi connectivity index (χ4n) is 1.95. The van der Waals surface area contributed by atoms with Crippen LogP contribution in [0.4, 0.5) is 0 Å². The first-order valence-electron chi connectivity index (χ1n) is 6.72. The Morgan fingerprint density at radius 3 is 2.47 bits per heavy atom. The van der Waals surface area contributed by atoms with Crippen LogP contribution in [0.3, 0.4) is 0 Å². The van der Waals surface area contributed by atoms with E-state index in [0.29, 0.717) is 17.8 Å². The highest BCUT2D eigenvalue weighted by Crippen LogP contribution is 2.43. The highest BCUT2D eigenvalue weighted by molar-refractivity contribution is 8.00. The minimum absolute atomic E-state index is 0.191. The van der Waals surface area contributed by atoms with Gasteiger partial charge in [-0.15, -0.1) is 11.8 Å². The summed E-state index contributed by atoms with van der Waals surface area (Å²) in [4.78, 5) is 0. The zero-order valence-corrected chi connectivity index (χ0v) is 12.7. The molecule has 0 aromatic carbocycles. The van der Waals surface area contributed by atoms with E-state index in [1.165, 1.54) is 0 Å². The van der Waals surface area contributed by atoms with Crippen molar-refractivity contribution in [3.63, 3.8) is 0 Å². The number of rotatable bonds is 5. The average Bonchev–Trinajstić information content (AvgIpc) is 2.54. The quantitative estimate of drug-likeness (QED) is 0.769. The molecule has 3 unspecified atom stereocenters. The molecule has 1 rings (SSSR count). The summed E-state index contributed by atoms with van der Waals surface area (Å²) in [7, 11) is 0. The van der Waals surface area contributed by atoms with Gasteiger partial charge in [-0.3, -0.25) is 0 Å². The van der Waals surface area contributed by atoms with E-state index < -0.39 is 0 Å². The van der Waals surface area contributed by atoms with Crippen LogP contribution in [-0.4, -0.2) is 34.9 Å². The van der Waals surface area contributed by atoms with E-state index in [0.717, 1.165) is 19.4 Å². The lowest BCUT2D eigenvalue weighted by Gasteiger charge is -2.26. The van der Waals surface area contributed by atoms with Crippen molar-refractivity contribution in [1.29, 1.82) is 0 Å². The van der Waals surface area contributed by atoms with E-state index >= 15 is 0 Å². The molecule has 0 bridgehead atoms. The van der Waals surface area contributed by atoms with Crippen molar-refractivity contribution in [2.24, 2.45) is 11.3 Å². The summed E-state index contributed by atoms with van der Waals surface area (Å²) < 4.78 is 5.68. The third kappa shape index (κ3) is 5.19. The smallest absolute Gasteiger partial charge is 0.0692 e. The normalized spacial score (nSPS) is 30.2. The minimum Gasteiger partial charge on any atom is -0.392 e. The Balaban J connectivity index is 2.26. The van der Waals surface area contributed by atoms with Gasteiger partial charge in [-0.2, -0.15) is 0 Å². The third-order valence-electron chi connectivity index (χ3n) is 3.31. The third-order valence-corrected chi connectivity index (χ3v) is 5.34. The summed E-state index contributed by atoms with van der Waals surface area (Å²) >= 11 is 1.91. The molecule has 2 nitrogen and oxygen atoms in total. The van der Waals surface area contributed by atoms with Crippen LogP contribution in [0.5, 0.6) is 0 Å². The molecule has 0 radical (unpaired) electrons. The number of thioether (sulfide) groups is 1. The second-order valence-electron chi connectivity index (χ2n) is 6.59. The van der Waals surface area contributed by atoms with Crippen molar-refractivity contribution in [2.45, 2.75) is 64.1 Å². The largest absolute Gasteiger partial charge is 0.392 e. The Hall–Kier alpha value is 0.270. The van der Waals surface area contributed by atoms with Gasteiger partial charge in [0.05, 0.1) is 18.0 Å². The molecule has 3 heteroatoms. The molecule has 1 heterocycles. The second kappa shape index (κ2) is 6.44. The van der Waals surface area contributed by atoms with E-state index in [4.69, 9.17) is 4.74 Å². The molecule has 1 saturated heterocycles.